The lowest BCUT2D eigenvalue weighted by Gasteiger charge is -2.39. The van der Waals surface area contributed by atoms with E-state index in [0.29, 0.717) is 17.2 Å². The Hall–Kier alpha value is -2.80. The molecule has 6 nitrogen and oxygen atoms in total. The number of hydrogen-bond donors (Lipinski definition) is 0. The Morgan fingerprint density at radius 1 is 1.07 bits per heavy atom. The van der Waals surface area contributed by atoms with Crippen molar-refractivity contribution >= 4 is 11.8 Å². The fourth-order valence-electron chi connectivity index (χ4n) is 3.48. The Balaban J connectivity index is 1.67. The summed E-state index contributed by atoms with van der Waals surface area (Å²) < 4.78 is 24.8. The Morgan fingerprint density at radius 3 is 2.38 bits per heavy atom. The minimum atomic E-state index is -0.451. The normalized spacial score (nSPS) is 15.7. The van der Waals surface area contributed by atoms with Crippen LogP contribution in [0, 0.1) is 5.82 Å². The number of benzene rings is 2. The summed E-state index contributed by atoms with van der Waals surface area (Å²) in [5.41, 5.74) is 1.74. The fraction of sp³-hybridized carbons (Fsp3) is 0.409. The van der Waals surface area contributed by atoms with Crippen LogP contribution in [-0.2, 0) is 0 Å². The first kappa shape index (κ1) is 20.9. The average molecular weight is 401 g/mol. The first-order valence-corrected chi connectivity index (χ1v) is 9.71. The molecular formula is C22H28FN3O3. The van der Waals surface area contributed by atoms with Gasteiger partial charge in [0.25, 0.3) is 0 Å². The lowest BCUT2D eigenvalue weighted by Crippen LogP contribution is -2.47. The molecule has 0 aromatic heterocycles. The van der Waals surface area contributed by atoms with E-state index in [1.807, 2.05) is 24.3 Å². The van der Waals surface area contributed by atoms with Crippen molar-refractivity contribution in [1.29, 1.82) is 0 Å². The number of carbonyl (C=O) groups excluding carboxylic acids is 1. The van der Waals surface area contributed by atoms with Gasteiger partial charge >= 0.3 is 6.09 Å². The van der Waals surface area contributed by atoms with Crippen molar-refractivity contribution in [3.63, 3.8) is 0 Å². The zero-order chi connectivity index (χ0) is 21.0. The molecule has 1 unspecified atom stereocenters. The summed E-state index contributed by atoms with van der Waals surface area (Å²) in [6.45, 7) is 5.32. The second-order valence-corrected chi connectivity index (χ2v) is 7.32. The van der Waals surface area contributed by atoms with Crippen LogP contribution in [0.3, 0.4) is 0 Å². The summed E-state index contributed by atoms with van der Waals surface area (Å²) in [5.74, 6) is 0.739. The number of nitrogens with zero attached hydrogens (tertiary/aromatic N) is 3. The average Bonchev–Trinajstić information content (AvgIpc) is 2.74. The zero-order valence-electron chi connectivity index (χ0n) is 17.4. The van der Waals surface area contributed by atoms with Crippen LogP contribution in [-0.4, -0.2) is 63.3 Å². The predicted molar refractivity (Wildman–Crippen MR) is 111 cm³/mol. The topological polar surface area (TPSA) is 45.3 Å². The summed E-state index contributed by atoms with van der Waals surface area (Å²) in [6, 6.07) is 12.7. The van der Waals surface area contributed by atoms with Gasteiger partial charge in [0.15, 0.2) is 11.5 Å². The van der Waals surface area contributed by atoms with Gasteiger partial charge in [-0.2, -0.15) is 0 Å². The number of methoxy groups -OCH3 is 1. The maximum atomic E-state index is 14.0. The molecule has 1 aliphatic heterocycles. The van der Waals surface area contributed by atoms with Crippen LogP contribution in [0.1, 0.15) is 18.5 Å². The van der Waals surface area contributed by atoms with E-state index in [-0.39, 0.29) is 11.9 Å². The Morgan fingerprint density at radius 2 is 1.76 bits per heavy atom. The third kappa shape index (κ3) is 4.79. The highest BCUT2D eigenvalue weighted by Gasteiger charge is 2.24. The van der Waals surface area contributed by atoms with Gasteiger partial charge in [-0.3, -0.25) is 4.90 Å². The van der Waals surface area contributed by atoms with Crippen molar-refractivity contribution in [3.8, 4) is 11.5 Å². The molecule has 1 aliphatic rings. The highest BCUT2D eigenvalue weighted by atomic mass is 19.1. The molecule has 0 saturated carbocycles. The van der Waals surface area contributed by atoms with Crippen molar-refractivity contribution in [2.45, 2.75) is 13.0 Å². The van der Waals surface area contributed by atoms with E-state index >= 15 is 0 Å². The first-order valence-electron chi connectivity index (χ1n) is 9.71. The van der Waals surface area contributed by atoms with E-state index in [4.69, 9.17) is 9.47 Å². The number of piperazine rings is 1. The monoisotopic (exact) mass is 401 g/mol. The molecule has 0 spiro atoms. The molecule has 156 valence electrons. The van der Waals surface area contributed by atoms with Gasteiger partial charge in [-0.25, -0.2) is 9.18 Å². The van der Waals surface area contributed by atoms with Crippen molar-refractivity contribution < 1.29 is 18.7 Å². The number of amides is 1. The van der Waals surface area contributed by atoms with Gasteiger partial charge in [-0.05, 0) is 36.8 Å². The van der Waals surface area contributed by atoms with Crippen molar-refractivity contribution in [2.75, 3.05) is 52.3 Å². The van der Waals surface area contributed by atoms with Crippen LogP contribution in [0.25, 0.3) is 0 Å². The van der Waals surface area contributed by atoms with E-state index in [1.54, 1.807) is 33.3 Å². The predicted octanol–water partition coefficient (Wildman–Crippen LogP) is 3.78. The molecule has 0 bridgehead atoms. The number of hydrogen-bond acceptors (Lipinski definition) is 5. The van der Waals surface area contributed by atoms with Crippen molar-refractivity contribution in [3.05, 3.63) is 53.8 Å². The van der Waals surface area contributed by atoms with Crippen molar-refractivity contribution in [1.82, 2.24) is 9.80 Å². The second kappa shape index (κ2) is 9.13. The van der Waals surface area contributed by atoms with Gasteiger partial charge in [-0.15, -0.1) is 0 Å². The maximum Gasteiger partial charge on any atom is 0.414 e. The molecule has 1 heterocycles. The SMILES string of the molecule is COc1cc(C(C)N2CCN(c3ccccc3F)CC2)ccc1OC(=O)N(C)C. The minimum Gasteiger partial charge on any atom is -0.493 e. The lowest BCUT2D eigenvalue weighted by molar-refractivity contribution is 0.170. The summed E-state index contributed by atoms with van der Waals surface area (Å²) >= 11 is 0. The summed E-state index contributed by atoms with van der Waals surface area (Å²) in [6.07, 6.45) is -0.451. The largest absolute Gasteiger partial charge is 0.493 e. The molecule has 1 atom stereocenters. The number of halogens is 1. The number of anilines is 1. The van der Waals surface area contributed by atoms with Gasteiger partial charge < -0.3 is 19.3 Å². The van der Waals surface area contributed by atoms with E-state index in [2.05, 4.69) is 16.7 Å². The van der Waals surface area contributed by atoms with E-state index < -0.39 is 6.09 Å². The Labute approximate surface area is 171 Å². The Kier molecular flexibility index (Phi) is 6.59. The first-order chi connectivity index (χ1) is 13.9. The second-order valence-electron chi connectivity index (χ2n) is 7.32. The minimum absolute atomic E-state index is 0.158. The van der Waals surface area contributed by atoms with Crippen LogP contribution in [0.15, 0.2) is 42.5 Å². The number of carbonyl (C=O) groups is 1. The molecule has 29 heavy (non-hydrogen) atoms. The van der Waals surface area contributed by atoms with Gasteiger partial charge in [0.2, 0.25) is 0 Å². The standard InChI is InChI=1S/C22H28FN3O3/c1-16(17-9-10-20(21(15-17)28-4)29-22(27)24(2)3)25-11-13-26(14-12-25)19-8-6-5-7-18(19)23/h5-10,15-16H,11-14H2,1-4H3. The summed E-state index contributed by atoms with van der Waals surface area (Å²) in [5, 5.41) is 0. The smallest absolute Gasteiger partial charge is 0.414 e. The third-order valence-electron chi connectivity index (χ3n) is 5.29. The van der Waals surface area contributed by atoms with Gasteiger partial charge in [0.05, 0.1) is 12.8 Å². The van der Waals surface area contributed by atoms with Gasteiger partial charge in [-0.1, -0.05) is 18.2 Å². The molecule has 2 aromatic carbocycles. The molecule has 1 amide bonds. The lowest BCUT2D eigenvalue weighted by atomic mass is 10.0. The number of ether oxygens (including phenoxy) is 2. The van der Waals surface area contributed by atoms with Gasteiger partial charge in [0, 0.05) is 46.3 Å². The van der Waals surface area contributed by atoms with Crippen LogP contribution in [0.2, 0.25) is 0 Å². The zero-order valence-corrected chi connectivity index (χ0v) is 17.4. The molecule has 1 fully saturated rings. The molecule has 3 rings (SSSR count). The molecule has 0 radical (unpaired) electrons. The van der Waals surface area contributed by atoms with Gasteiger partial charge in [0.1, 0.15) is 5.82 Å². The summed E-state index contributed by atoms with van der Waals surface area (Å²) in [7, 11) is 4.82. The van der Waals surface area contributed by atoms with Crippen LogP contribution < -0.4 is 14.4 Å². The highest BCUT2D eigenvalue weighted by molar-refractivity contribution is 5.71. The van der Waals surface area contributed by atoms with Crippen LogP contribution in [0.5, 0.6) is 11.5 Å². The number of para-hydroxylation sites is 1. The third-order valence-corrected chi connectivity index (χ3v) is 5.29. The fourth-order valence-corrected chi connectivity index (χ4v) is 3.48. The molecule has 2 aromatic rings. The van der Waals surface area contributed by atoms with E-state index in [9.17, 15) is 9.18 Å². The van der Waals surface area contributed by atoms with Crippen LogP contribution in [0.4, 0.5) is 14.9 Å². The maximum absolute atomic E-state index is 14.0. The van der Waals surface area contributed by atoms with Crippen molar-refractivity contribution in [2.24, 2.45) is 0 Å². The molecular weight excluding hydrogens is 373 g/mol. The van der Waals surface area contributed by atoms with E-state index in [0.717, 1.165) is 31.7 Å². The summed E-state index contributed by atoms with van der Waals surface area (Å²) in [4.78, 5) is 17.6. The van der Waals surface area contributed by atoms with Crippen LogP contribution >= 0.6 is 0 Å². The molecule has 0 N–H and O–H groups in total. The molecule has 1 saturated heterocycles. The van der Waals surface area contributed by atoms with E-state index in [1.165, 1.54) is 11.0 Å². The highest BCUT2D eigenvalue weighted by Crippen LogP contribution is 2.33. The molecule has 0 aliphatic carbocycles. The molecule has 7 heteroatoms. The Bertz CT molecular complexity index is 851. The quantitative estimate of drug-likeness (QED) is 0.763. The number of rotatable bonds is 5.